The van der Waals surface area contributed by atoms with Gasteiger partial charge in [0.15, 0.2) is 0 Å². The molecular formula is C21H18N2O3. The van der Waals surface area contributed by atoms with Crippen molar-refractivity contribution in [2.75, 3.05) is 0 Å². The number of esters is 1. The fraction of sp³-hybridized carbons (Fsp3) is 0.143. The summed E-state index contributed by atoms with van der Waals surface area (Å²) in [5.41, 5.74) is 3.52. The molecule has 0 amide bonds. The van der Waals surface area contributed by atoms with Gasteiger partial charge in [-0.25, -0.2) is 4.98 Å². The minimum Gasteiger partial charge on any atom is -0.458 e. The molecule has 0 aliphatic heterocycles. The Bertz CT molecular complexity index is 1050. The molecule has 2 aromatic heterocycles. The predicted molar refractivity (Wildman–Crippen MR) is 98.4 cm³/mol. The lowest BCUT2D eigenvalue weighted by molar-refractivity contribution is -0.145. The minimum atomic E-state index is -0.307. The Labute approximate surface area is 150 Å². The number of carbonyl (C=O) groups is 1. The Morgan fingerprint density at radius 3 is 2.73 bits per heavy atom. The van der Waals surface area contributed by atoms with Crippen LogP contribution < -0.4 is 0 Å². The Morgan fingerprint density at radius 1 is 1.12 bits per heavy atom. The van der Waals surface area contributed by atoms with Gasteiger partial charge in [0.25, 0.3) is 0 Å². The van der Waals surface area contributed by atoms with Crippen LogP contribution in [0.5, 0.6) is 0 Å². The number of oxazole rings is 1. The maximum Gasteiger partial charge on any atom is 0.326 e. The molecular weight excluding hydrogens is 328 g/mol. The van der Waals surface area contributed by atoms with E-state index in [9.17, 15) is 4.79 Å². The second-order valence-electron chi connectivity index (χ2n) is 6.10. The highest BCUT2D eigenvalue weighted by Gasteiger charge is 2.12. The zero-order valence-electron chi connectivity index (χ0n) is 14.4. The summed E-state index contributed by atoms with van der Waals surface area (Å²) in [4.78, 5) is 16.6. The molecule has 0 unspecified atom stereocenters. The first kappa shape index (κ1) is 16.1. The highest BCUT2D eigenvalue weighted by atomic mass is 16.5. The van der Waals surface area contributed by atoms with Gasteiger partial charge in [-0.1, -0.05) is 36.4 Å². The molecule has 130 valence electrons. The monoisotopic (exact) mass is 346 g/mol. The highest BCUT2D eigenvalue weighted by Crippen LogP contribution is 2.20. The van der Waals surface area contributed by atoms with E-state index in [1.807, 2.05) is 66.1 Å². The second-order valence-corrected chi connectivity index (χ2v) is 6.10. The molecule has 0 atom stereocenters. The third-order valence-electron chi connectivity index (χ3n) is 4.26. The van der Waals surface area contributed by atoms with Gasteiger partial charge < -0.3 is 13.7 Å². The molecule has 0 aliphatic rings. The van der Waals surface area contributed by atoms with E-state index in [1.165, 1.54) is 6.26 Å². The molecule has 2 aromatic carbocycles. The van der Waals surface area contributed by atoms with Crippen molar-refractivity contribution < 1.29 is 13.9 Å². The Kier molecular flexibility index (Phi) is 4.27. The Morgan fingerprint density at radius 2 is 1.88 bits per heavy atom. The zero-order chi connectivity index (χ0) is 17.9. The van der Waals surface area contributed by atoms with Gasteiger partial charge in [0.05, 0.1) is 0 Å². The standard InChI is InChI=1S/C21H18N2O3/c1-15-11-17-9-5-6-10-19(17)23(15)12-20(24)25-13-18-14-26-21(22-18)16-7-3-2-4-8-16/h2-11,14H,12-13H2,1H3. The average Bonchev–Trinajstić information content (AvgIpc) is 3.26. The lowest BCUT2D eigenvalue weighted by Gasteiger charge is -2.08. The number of aromatic nitrogens is 2. The normalized spacial score (nSPS) is 11.0. The van der Waals surface area contributed by atoms with Gasteiger partial charge in [-0.2, -0.15) is 0 Å². The van der Waals surface area contributed by atoms with Crippen LogP contribution in [0.4, 0.5) is 0 Å². The third-order valence-corrected chi connectivity index (χ3v) is 4.26. The average molecular weight is 346 g/mol. The topological polar surface area (TPSA) is 57.3 Å². The van der Waals surface area contributed by atoms with Crippen molar-refractivity contribution >= 4 is 16.9 Å². The third kappa shape index (κ3) is 3.24. The maximum absolute atomic E-state index is 12.3. The first-order chi connectivity index (χ1) is 12.7. The van der Waals surface area contributed by atoms with Crippen LogP contribution in [0.3, 0.4) is 0 Å². The fourth-order valence-corrected chi connectivity index (χ4v) is 2.97. The van der Waals surface area contributed by atoms with Gasteiger partial charge in [0.1, 0.15) is 25.1 Å². The minimum absolute atomic E-state index is 0.0907. The number of fused-ring (bicyclic) bond motifs is 1. The van der Waals surface area contributed by atoms with Gasteiger partial charge in [-0.3, -0.25) is 4.79 Å². The number of ether oxygens (including phenoxy) is 1. The summed E-state index contributed by atoms with van der Waals surface area (Å²) >= 11 is 0. The van der Waals surface area contributed by atoms with Gasteiger partial charge in [0, 0.05) is 16.8 Å². The van der Waals surface area contributed by atoms with Crippen LogP contribution in [-0.2, 0) is 22.7 Å². The predicted octanol–water partition coefficient (Wildman–Crippen LogP) is 4.35. The van der Waals surface area contributed by atoms with Gasteiger partial charge in [-0.05, 0) is 36.6 Å². The molecule has 0 bridgehead atoms. The first-order valence-electron chi connectivity index (χ1n) is 8.41. The van der Waals surface area contributed by atoms with Crippen LogP contribution in [-0.4, -0.2) is 15.5 Å². The summed E-state index contributed by atoms with van der Waals surface area (Å²) in [5.74, 6) is 0.211. The summed E-state index contributed by atoms with van der Waals surface area (Å²) in [6, 6.07) is 19.6. The molecule has 4 aromatic rings. The number of hydrogen-bond acceptors (Lipinski definition) is 4. The number of carbonyl (C=O) groups excluding carboxylic acids is 1. The van der Waals surface area contributed by atoms with E-state index in [-0.39, 0.29) is 19.1 Å². The number of aryl methyl sites for hydroxylation is 1. The first-order valence-corrected chi connectivity index (χ1v) is 8.41. The summed E-state index contributed by atoms with van der Waals surface area (Å²) in [6.45, 7) is 2.24. The van der Waals surface area contributed by atoms with Crippen molar-refractivity contribution in [1.82, 2.24) is 9.55 Å². The van der Waals surface area contributed by atoms with Crippen molar-refractivity contribution in [2.24, 2.45) is 0 Å². The molecule has 0 radical (unpaired) electrons. The van der Waals surface area contributed by atoms with Gasteiger partial charge in [0.2, 0.25) is 5.89 Å². The van der Waals surface area contributed by atoms with Crippen molar-refractivity contribution in [3.63, 3.8) is 0 Å². The van der Waals surface area contributed by atoms with E-state index in [0.717, 1.165) is 22.2 Å². The van der Waals surface area contributed by atoms with Crippen LogP contribution >= 0.6 is 0 Å². The number of para-hydroxylation sites is 1. The molecule has 2 heterocycles. The molecule has 0 N–H and O–H groups in total. The largest absolute Gasteiger partial charge is 0.458 e. The highest BCUT2D eigenvalue weighted by molar-refractivity contribution is 5.83. The summed E-state index contributed by atoms with van der Waals surface area (Å²) in [7, 11) is 0. The SMILES string of the molecule is Cc1cc2ccccc2n1CC(=O)OCc1coc(-c2ccccc2)n1. The zero-order valence-corrected chi connectivity index (χ0v) is 14.4. The van der Waals surface area contributed by atoms with Gasteiger partial charge in [-0.15, -0.1) is 0 Å². The number of hydrogen-bond donors (Lipinski definition) is 0. The van der Waals surface area contributed by atoms with Crippen LogP contribution in [0.2, 0.25) is 0 Å². The number of rotatable bonds is 5. The Balaban J connectivity index is 1.41. The van der Waals surface area contributed by atoms with E-state index >= 15 is 0 Å². The van der Waals surface area contributed by atoms with Crippen LogP contribution in [0.25, 0.3) is 22.4 Å². The molecule has 4 rings (SSSR count). The van der Waals surface area contributed by atoms with E-state index in [0.29, 0.717) is 11.6 Å². The maximum atomic E-state index is 12.3. The molecule has 26 heavy (non-hydrogen) atoms. The number of nitrogens with zero attached hydrogens (tertiary/aromatic N) is 2. The summed E-state index contributed by atoms with van der Waals surface area (Å²) < 4.78 is 12.8. The molecule has 0 fully saturated rings. The van der Waals surface area contributed by atoms with Crippen molar-refractivity contribution in [1.29, 1.82) is 0 Å². The van der Waals surface area contributed by atoms with E-state index in [2.05, 4.69) is 11.1 Å². The van der Waals surface area contributed by atoms with Crippen LogP contribution in [0.1, 0.15) is 11.4 Å². The quantitative estimate of drug-likeness (QED) is 0.504. The molecule has 0 saturated heterocycles. The summed E-state index contributed by atoms with van der Waals surface area (Å²) in [5, 5.41) is 1.11. The van der Waals surface area contributed by atoms with Gasteiger partial charge >= 0.3 is 5.97 Å². The van der Waals surface area contributed by atoms with Crippen LogP contribution in [0, 0.1) is 6.92 Å². The molecule has 0 saturated carbocycles. The Hall–Kier alpha value is -3.34. The fourth-order valence-electron chi connectivity index (χ4n) is 2.97. The van der Waals surface area contributed by atoms with E-state index in [4.69, 9.17) is 9.15 Å². The lowest BCUT2D eigenvalue weighted by atomic mass is 10.2. The molecule has 0 spiro atoms. The van der Waals surface area contributed by atoms with Crippen LogP contribution in [0.15, 0.2) is 71.3 Å². The molecule has 5 heteroatoms. The van der Waals surface area contributed by atoms with Crippen molar-refractivity contribution in [3.8, 4) is 11.5 Å². The van der Waals surface area contributed by atoms with Crippen molar-refractivity contribution in [3.05, 3.63) is 78.3 Å². The smallest absolute Gasteiger partial charge is 0.326 e. The van der Waals surface area contributed by atoms with E-state index in [1.54, 1.807) is 0 Å². The molecule has 5 nitrogen and oxygen atoms in total. The van der Waals surface area contributed by atoms with E-state index < -0.39 is 0 Å². The summed E-state index contributed by atoms with van der Waals surface area (Å²) in [6.07, 6.45) is 1.52. The molecule has 0 aliphatic carbocycles. The number of benzene rings is 2. The lowest BCUT2D eigenvalue weighted by Crippen LogP contribution is -2.14. The van der Waals surface area contributed by atoms with Crippen molar-refractivity contribution in [2.45, 2.75) is 20.1 Å². The second kappa shape index (κ2) is 6.88.